The third-order valence-electron chi connectivity index (χ3n) is 3.15. The van der Waals surface area contributed by atoms with Crippen LogP contribution in [0, 0.1) is 24.1 Å². The number of benzene rings is 2. The Hall–Kier alpha value is -2.95. The molecule has 6 nitrogen and oxygen atoms in total. The Morgan fingerprint density at radius 3 is 2.39 bits per heavy atom. The van der Waals surface area contributed by atoms with Crippen LogP contribution in [0.25, 0.3) is 0 Å². The lowest BCUT2D eigenvalue weighted by Crippen LogP contribution is -2.26. The second-order valence-electron chi connectivity index (χ2n) is 4.98. The smallest absolute Gasteiger partial charge is 0.276 e. The molecule has 0 aromatic heterocycles. The number of hydrogen-bond donors (Lipinski definition) is 3. The van der Waals surface area contributed by atoms with Gasteiger partial charge in [0.05, 0.1) is 41.8 Å². The van der Waals surface area contributed by atoms with Crippen LogP contribution in [0.3, 0.4) is 0 Å². The summed E-state index contributed by atoms with van der Waals surface area (Å²) in [7, 11) is 0. The number of aliphatic hydroxyl groups is 1. The van der Waals surface area contributed by atoms with E-state index in [0.717, 1.165) is 5.56 Å². The van der Waals surface area contributed by atoms with E-state index in [1.807, 2.05) is 33.8 Å². The Balaban J connectivity index is 0.00000171. The molecule has 2 rings (SSSR count). The largest absolute Gasteiger partial charge is 0.394 e. The number of hydrogen-bond acceptors (Lipinski definition) is 5. The molecule has 2 aromatic rings. The summed E-state index contributed by atoms with van der Waals surface area (Å²) >= 11 is 0. The van der Waals surface area contributed by atoms with Gasteiger partial charge in [0.1, 0.15) is 5.82 Å². The highest BCUT2D eigenvalue weighted by atomic mass is 19.1. The molecule has 0 aliphatic heterocycles. The molecule has 28 heavy (non-hydrogen) atoms. The zero-order chi connectivity index (χ0) is 21.5. The fraction of sp³-hybridized carbons (Fsp3) is 0.333. The van der Waals surface area contributed by atoms with Gasteiger partial charge in [-0.05, 0) is 42.8 Å². The van der Waals surface area contributed by atoms with E-state index in [-0.39, 0.29) is 30.2 Å². The van der Waals surface area contributed by atoms with Crippen LogP contribution in [-0.2, 0) is 4.84 Å². The lowest BCUT2D eigenvalue weighted by Gasteiger charge is -2.13. The zero-order valence-electron chi connectivity index (χ0n) is 17.0. The summed E-state index contributed by atoms with van der Waals surface area (Å²) in [5.41, 5.74) is 3.87. The molecule has 0 heterocycles. The zero-order valence-corrected chi connectivity index (χ0v) is 17.0. The molecule has 0 bridgehead atoms. The van der Waals surface area contributed by atoms with Crippen molar-refractivity contribution in [3.05, 3.63) is 58.9 Å². The molecular formula is C21H28FN3O3. The van der Waals surface area contributed by atoms with Gasteiger partial charge in [-0.1, -0.05) is 33.8 Å². The summed E-state index contributed by atoms with van der Waals surface area (Å²) in [6.07, 6.45) is 0. The summed E-state index contributed by atoms with van der Waals surface area (Å²) in [4.78, 5) is 16.9. The normalized spacial score (nSPS) is 9.07. The van der Waals surface area contributed by atoms with Crippen LogP contribution >= 0.6 is 0 Å². The van der Waals surface area contributed by atoms with E-state index < -0.39 is 11.7 Å². The Morgan fingerprint density at radius 2 is 1.82 bits per heavy atom. The number of anilines is 2. The Kier molecular flexibility index (Phi) is 12.7. The van der Waals surface area contributed by atoms with Crippen molar-refractivity contribution in [1.29, 1.82) is 5.26 Å². The molecule has 0 saturated carbocycles. The van der Waals surface area contributed by atoms with Crippen molar-refractivity contribution in [3.8, 4) is 6.07 Å². The van der Waals surface area contributed by atoms with Gasteiger partial charge >= 0.3 is 0 Å². The van der Waals surface area contributed by atoms with Gasteiger partial charge in [0.25, 0.3) is 5.91 Å². The van der Waals surface area contributed by atoms with Gasteiger partial charge in [-0.25, -0.2) is 9.87 Å². The average Bonchev–Trinajstić information content (AvgIpc) is 2.73. The molecular weight excluding hydrogens is 361 g/mol. The molecule has 0 aliphatic carbocycles. The first-order valence-electron chi connectivity index (χ1n) is 9.15. The van der Waals surface area contributed by atoms with Crippen LogP contribution in [0.15, 0.2) is 36.4 Å². The van der Waals surface area contributed by atoms with Crippen molar-refractivity contribution in [3.63, 3.8) is 0 Å². The summed E-state index contributed by atoms with van der Waals surface area (Å²) in [6, 6.07) is 11.0. The number of aliphatic hydroxyl groups excluding tert-OH is 1. The number of halogens is 1. The number of hydroxylamine groups is 1. The number of nitrogens with one attached hydrogen (secondary N) is 2. The predicted octanol–water partition coefficient (Wildman–Crippen LogP) is 4.46. The Bertz CT molecular complexity index is 789. The lowest BCUT2D eigenvalue weighted by molar-refractivity contribution is 0.0169. The van der Waals surface area contributed by atoms with Gasteiger partial charge in [-0.3, -0.25) is 9.63 Å². The fourth-order valence-electron chi connectivity index (χ4n) is 2.00. The Morgan fingerprint density at radius 1 is 1.14 bits per heavy atom. The minimum Gasteiger partial charge on any atom is -0.394 e. The first kappa shape index (κ1) is 25.1. The minimum absolute atomic E-state index is 0.0582. The molecule has 0 atom stereocenters. The molecule has 0 saturated heterocycles. The topological polar surface area (TPSA) is 94.4 Å². The molecule has 0 spiro atoms. The Labute approximate surface area is 165 Å². The van der Waals surface area contributed by atoms with Crippen molar-refractivity contribution >= 4 is 17.3 Å². The van der Waals surface area contributed by atoms with Crippen LogP contribution in [0.5, 0.6) is 0 Å². The summed E-state index contributed by atoms with van der Waals surface area (Å²) in [6.45, 7) is 9.46. The van der Waals surface area contributed by atoms with Gasteiger partial charge in [0, 0.05) is 0 Å². The average molecular weight is 389 g/mol. The first-order chi connectivity index (χ1) is 13.5. The van der Waals surface area contributed by atoms with E-state index in [1.54, 1.807) is 19.1 Å². The van der Waals surface area contributed by atoms with Gasteiger partial charge in [-0.15, -0.1) is 0 Å². The van der Waals surface area contributed by atoms with Crippen LogP contribution in [0.1, 0.15) is 49.2 Å². The lowest BCUT2D eigenvalue weighted by atomic mass is 10.1. The van der Waals surface area contributed by atoms with Crippen LogP contribution < -0.4 is 10.8 Å². The van der Waals surface area contributed by atoms with E-state index in [1.165, 1.54) is 24.3 Å². The second-order valence-corrected chi connectivity index (χ2v) is 4.98. The van der Waals surface area contributed by atoms with E-state index in [9.17, 15) is 9.18 Å². The third-order valence-corrected chi connectivity index (χ3v) is 3.15. The number of carbonyl (C=O) groups excluding carboxylic acids is 1. The monoisotopic (exact) mass is 389 g/mol. The van der Waals surface area contributed by atoms with Crippen LogP contribution in [0.4, 0.5) is 15.8 Å². The highest BCUT2D eigenvalue weighted by molar-refractivity contribution is 6.00. The molecule has 0 aliphatic rings. The quantitative estimate of drug-likeness (QED) is 0.501. The first-order valence-corrected chi connectivity index (χ1v) is 9.15. The molecule has 152 valence electrons. The number of rotatable bonds is 6. The third kappa shape index (κ3) is 7.74. The molecule has 2 aromatic carbocycles. The van der Waals surface area contributed by atoms with Gasteiger partial charge < -0.3 is 10.4 Å². The highest BCUT2D eigenvalue weighted by Gasteiger charge is 2.14. The number of carbonyl (C=O) groups is 1. The number of aryl methyl sites for hydroxylation is 1. The maximum Gasteiger partial charge on any atom is 0.276 e. The summed E-state index contributed by atoms with van der Waals surface area (Å²) in [5.74, 6) is -1.05. The number of amides is 1. The van der Waals surface area contributed by atoms with E-state index >= 15 is 0 Å². The summed E-state index contributed by atoms with van der Waals surface area (Å²) < 4.78 is 14.0. The SMILES string of the molecule is CC.CC.Cc1ccc(Nc2cc(C#N)ccc2C(=O)NOCCO)c(F)c1. The van der Waals surface area contributed by atoms with Gasteiger partial charge in [0.2, 0.25) is 0 Å². The maximum absolute atomic E-state index is 14.0. The van der Waals surface area contributed by atoms with Crippen molar-refractivity contribution in [2.24, 2.45) is 0 Å². The second kappa shape index (κ2) is 14.2. The summed E-state index contributed by atoms with van der Waals surface area (Å²) in [5, 5.41) is 20.5. The molecule has 0 unspecified atom stereocenters. The standard InChI is InChI=1S/C17H16FN3O3.2C2H6/c1-11-2-5-15(14(18)8-11)20-16-9-12(10-19)3-4-13(16)17(23)21-24-7-6-22;2*1-2/h2-5,8-9,20,22H,6-7H2,1H3,(H,21,23);2*1-2H3. The van der Waals surface area contributed by atoms with E-state index in [2.05, 4.69) is 10.8 Å². The van der Waals surface area contributed by atoms with E-state index in [0.29, 0.717) is 5.56 Å². The predicted molar refractivity (Wildman–Crippen MR) is 109 cm³/mol. The van der Waals surface area contributed by atoms with E-state index in [4.69, 9.17) is 15.2 Å². The molecule has 7 heteroatoms. The van der Waals surface area contributed by atoms with Crippen molar-refractivity contribution in [2.45, 2.75) is 34.6 Å². The van der Waals surface area contributed by atoms with Gasteiger partial charge in [0.15, 0.2) is 0 Å². The van der Waals surface area contributed by atoms with Gasteiger partial charge in [-0.2, -0.15) is 5.26 Å². The van der Waals surface area contributed by atoms with Crippen molar-refractivity contribution in [1.82, 2.24) is 5.48 Å². The molecule has 1 amide bonds. The van der Waals surface area contributed by atoms with Crippen molar-refractivity contribution in [2.75, 3.05) is 18.5 Å². The maximum atomic E-state index is 14.0. The molecule has 3 N–H and O–H groups in total. The number of nitriles is 1. The fourth-order valence-corrected chi connectivity index (χ4v) is 2.00. The number of nitrogens with zero attached hydrogens (tertiary/aromatic N) is 1. The van der Waals surface area contributed by atoms with Crippen LogP contribution in [-0.4, -0.2) is 24.2 Å². The minimum atomic E-state index is -0.581. The van der Waals surface area contributed by atoms with Crippen molar-refractivity contribution < 1.29 is 19.1 Å². The molecule has 0 fully saturated rings. The van der Waals surface area contributed by atoms with Crippen LogP contribution in [0.2, 0.25) is 0 Å². The molecule has 0 radical (unpaired) electrons. The highest BCUT2D eigenvalue weighted by Crippen LogP contribution is 2.25.